The van der Waals surface area contributed by atoms with Gasteiger partial charge in [-0.2, -0.15) is 0 Å². The molecule has 1 fully saturated rings. The maximum atomic E-state index is 14.3. The smallest absolute Gasteiger partial charge is 0.244 e. The fraction of sp³-hybridized carbons (Fsp3) is 0.407. The molecule has 2 amide bonds. The Morgan fingerprint density at radius 2 is 1.73 bits per heavy atom. The topological polar surface area (TPSA) is 83.4 Å². The number of benzene rings is 2. The van der Waals surface area contributed by atoms with Gasteiger partial charge in [-0.3, -0.25) is 9.59 Å². The molecule has 6 rings (SSSR count). The van der Waals surface area contributed by atoms with Crippen molar-refractivity contribution in [2.45, 2.75) is 44.1 Å². The molecular weight excluding hydrogens is 511 g/mol. The average Bonchev–Trinajstić information content (AvgIpc) is 3.41. The molecular formula is C27H28Cl2N6O2. The summed E-state index contributed by atoms with van der Waals surface area (Å²) >= 11 is 12.5. The average molecular weight is 539 g/mol. The summed E-state index contributed by atoms with van der Waals surface area (Å²) in [7, 11) is 0. The Morgan fingerprint density at radius 1 is 1.00 bits per heavy atom. The van der Waals surface area contributed by atoms with Gasteiger partial charge in [-0.05, 0) is 74.3 Å². The van der Waals surface area contributed by atoms with E-state index in [2.05, 4.69) is 20.5 Å². The van der Waals surface area contributed by atoms with Crippen LogP contribution in [0.5, 0.6) is 0 Å². The van der Waals surface area contributed by atoms with Crippen molar-refractivity contribution in [3.05, 3.63) is 69.3 Å². The summed E-state index contributed by atoms with van der Waals surface area (Å²) in [6.07, 6.45) is 3.58. The molecule has 10 heteroatoms. The van der Waals surface area contributed by atoms with Crippen LogP contribution in [0.4, 0.5) is 11.5 Å². The van der Waals surface area contributed by atoms with Gasteiger partial charge in [0.25, 0.3) is 0 Å². The Labute approximate surface area is 225 Å². The number of nitrogens with one attached hydrogen (secondary N) is 1. The summed E-state index contributed by atoms with van der Waals surface area (Å²) in [5.41, 5.74) is 1.65. The minimum atomic E-state index is -1.27. The van der Waals surface area contributed by atoms with Gasteiger partial charge in [0, 0.05) is 28.8 Å². The number of anilines is 2. The molecule has 192 valence electrons. The summed E-state index contributed by atoms with van der Waals surface area (Å²) in [6, 6.07) is 12.7. The normalized spacial score (nSPS) is 22.2. The highest BCUT2D eigenvalue weighted by molar-refractivity contribution is 6.31. The van der Waals surface area contributed by atoms with E-state index in [1.165, 1.54) is 19.3 Å². The van der Waals surface area contributed by atoms with Gasteiger partial charge >= 0.3 is 0 Å². The number of carbonyl (C=O) groups excluding carboxylic acids is 2. The van der Waals surface area contributed by atoms with Gasteiger partial charge < -0.3 is 15.1 Å². The highest BCUT2D eigenvalue weighted by atomic mass is 35.5. The SMILES string of the molecule is CC(c1ccc(Cl)cc1)n1nnc2c1NC(=O)C[C@]21C(=O)N(CCN2CCCCC2)c2ccc(Cl)cc21. The zero-order valence-corrected chi connectivity index (χ0v) is 22.1. The van der Waals surface area contributed by atoms with Crippen LogP contribution in [-0.2, 0) is 15.0 Å². The van der Waals surface area contributed by atoms with Gasteiger partial charge in [0.15, 0.2) is 5.82 Å². The van der Waals surface area contributed by atoms with Crippen molar-refractivity contribution in [3.8, 4) is 0 Å². The number of rotatable bonds is 5. The molecule has 8 nitrogen and oxygen atoms in total. The van der Waals surface area contributed by atoms with E-state index >= 15 is 0 Å². The third-order valence-corrected chi connectivity index (χ3v) is 8.40. The number of fused-ring (bicyclic) bond motifs is 4. The molecule has 3 aromatic rings. The maximum absolute atomic E-state index is 14.3. The number of hydrogen-bond acceptors (Lipinski definition) is 5. The number of carbonyl (C=O) groups is 2. The molecule has 1 N–H and O–H groups in total. The maximum Gasteiger partial charge on any atom is 0.244 e. The second-order valence-corrected chi connectivity index (χ2v) is 11.0. The Hall–Kier alpha value is -2.94. The van der Waals surface area contributed by atoms with Crippen LogP contribution in [0.2, 0.25) is 10.0 Å². The number of likely N-dealkylation sites (tertiary alicyclic amines) is 1. The van der Waals surface area contributed by atoms with E-state index in [1.807, 2.05) is 42.2 Å². The molecule has 37 heavy (non-hydrogen) atoms. The molecule has 1 spiro atoms. The van der Waals surface area contributed by atoms with Gasteiger partial charge in [-0.25, -0.2) is 4.68 Å². The summed E-state index contributed by atoms with van der Waals surface area (Å²) in [4.78, 5) is 31.7. The van der Waals surface area contributed by atoms with Crippen molar-refractivity contribution in [2.24, 2.45) is 0 Å². The molecule has 0 radical (unpaired) electrons. The number of nitrogens with zero attached hydrogens (tertiary/aromatic N) is 5. The van der Waals surface area contributed by atoms with E-state index < -0.39 is 5.41 Å². The van der Waals surface area contributed by atoms with Crippen molar-refractivity contribution in [1.82, 2.24) is 19.9 Å². The van der Waals surface area contributed by atoms with Crippen molar-refractivity contribution in [1.29, 1.82) is 0 Å². The van der Waals surface area contributed by atoms with Crippen LogP contribution in [0.1, 0.15) is 55.5 Å². The van der Waals surface area contributed by atoms with Gasteiger partial charge in [0.05, 0.1) is 12.5 Å². The van der Waals surface area contributed by atoms with E-state index in [0.717, 1.165) is 30.9 Å². The lowest BCUT2D eigenvalue weighted by Gasteiger charge is -2.32. The first-order valence-electron chi connectivity index (χ1n) is 12.7. The van der Waals surface area contributed by atoms with Crippen molar-refractivity contribution < 1.29 is 9.59 Å². The van der Waals surface area contributed by atoms with Crippen molar-refractivity contribution >= 4 is 46.5 Å². The molecule has 2 atom stereocenters. The summed E-state index contributed by atoms with van der Waals surface area (Å²) in [5, 5.41) is 13.1. The Bertz CT molecular complexity index is 1370. The van der Waals surface area contributed by atoms with Crippen LogP contribution in [-0.4, -0.2) is 57.9 Å². The van der Waals surface area contributed by atoms with Crippen LogP contribution in [0.25, 0.3) is 0 Å². The number of hydrogen-bond donors (Lipinski definition) is 1. The molecule has 3 aliphatic rings. The van der Waals surface area contributed by atoms with Crippen LogP contribution in [0.3, 0.4) is 0 Å². The molecule has 0 saturated carbocycles. The van der Waals surface area contributed by atoms with Gasteiger partial charge in [-0.1, -0.05) is 47.0 Å². The third-order valence-electron chi connectivity index (χ3n) is 7.91. The second kappa shape index (κ2) is 9.42. The monoisotopic (exact) mass is 538 g/mol. The molecule has 1 saturated heterocycles. The standard InChI is InChI=1S/C27H28Cl2N6O2/c1-17(18-5-7-19(28)8-6-18)35-25-24(31-32-35)27(16-23(36)30-25)21-15-20(29)9-10-22(21)34(26(27)37)14-13-33-11-3-2-4-12-33/h5-10,15,17H,2-4,11-14,16H2,1H3,(H,30,36)/t17?,27-/m1/s1. The zero-order valence-electron chi connectivity index (χ0n) is 20.6. The van der Waals surface area contributed by atoms with Crippen LogP contribution >= 0.6 is 23.2 Å². The third kappa shape index (κ3) is 4.02. The molecule has 1 unspecified atom stereocenters. The minimum absolute atomic E-state index is 0.0413. The van der Waals surface area contributed by atoms with E-state index in [9.17, 15) is 9.59 Å². The molecule has 0 aliphatic carbocycles. The molecule has 3 aliphatic heterocycles. The lowest BCUT2D eigenvalue weighted by molar-refractivity contribution is -0.126. The largest absolute Gasteiger partial charge is 0.310 e. The Morgan fingerprint density at radius 3 is 2.49 bits per heavy atom. The summed E-state index contributed by atoms with van der Waals surface area (Å²) in [6.45, 7) is 5.39. The van der Waals surface area contributed by atoms with Crippen molar-refractivity contribution in [3.63, 3.8) is 0 Å². The number of halogens is 2. The minimum Gasteiger partial charge on any atom is -0.310 e. The molecule has 1 aromatic heterocycles. The van der Waals surface area contributed by atoms with Crippen molar-refractivity contribution in [2.75, 3.05) is 36.4 Å². The highest BCUT2D eigenvalue weighted by Gasteiger charge is 2.58. The van der Waals surface area contributed by atoms with Gasteiger partial charge in [0.2, 0.25) is 11.8 Å². The molecule has 4 heterocycles. The predicted octanol–water partition coefficient (Wildman–Crippen LogP) is 4.66. The van der Waals surface area contributed by atoms with E-state index in [0.29, 0.717) is 33.7 Å². The quantitative estimate of drug-likeness (QED) is 0.510. The number of aromatic nitrogens is 3. The fourth-order valence-corrected chi connectivity index (χ4v) is 6.24. The van der Waals surface area contributed by atoms with Gasteiger partial charge in [-0.15, -0.1) is 5.10 Å². The van der Waals surface area contributed by atoms with E-state index in [1.54, 1.807) is 16.8 Å². The fourth-order valence-electron chi connectivity index (χ4n) is 5.94. The lowest BCUT2D eigenvalue weighted by atomic mass is 9.73. The molecule has 2 aromatic carbocycles. The first kappa shape index (κ1) is 24.4. The van der Waals surface area contributed by atoms with Gasteiger partial charge in [0.1, 0.15) is 11.1 Å². The van der Waals surface area contributed by atoms with Crippen LogP contribution in [0.15, 0.2) is 42.5 Å². The second-order valence-electron chi connectivity index (χ2n) is 10.1. The number of piperidine rings is 1. The summed E-state index contributed by atoms with van der Waals surface area (Å²) < 4.78 is 1.67. The predicted molar refractivity (Wildman–Crippen MR) is 143 cm³/mol. The first-order valence-corrected chi connectivity index (χ1v) is 13.5. The Balaban J connectivity index is 1.42. The number of amides is 2. The first-order chi connectivity index (χ1) is 17.9. The van der Waals surface area contributed by atoms with E-state index in [4.69, 9.17) is 23.2 Å². The van der Waals surface area contributed by atoms with E-state index in [-0.39, 0.29) is 24.3 Å². The molecule has 0 bridgehead atoms. The van der Waals surface area contributed by atoms with Crippen LogP contribution in [0, 0.1) is 0 Å². The summed E-state index contributed by atoms with van der Waals surface area (Å²) in [5.74, 6) is 0.0384. The zero-order chi connectivity index (χ0) is 25.7. The highest BCUT2D eigenvalue weighted by Crippen LogP contribution is 2.52. The lowest BCUT2D eigenvalue weighted by Crippen LogP contribution is -2.48. The Kier molecular flexibility index (Phi) is 6.21. The van der Waals surface area contributed by atoms with Crippen LogP contribution < -0.4 is 10.2 Å².